The largest absolute Gasteiger partial charge is 0.466 e. The average Bonchev–Trinajstić information content (AvgIpc) is 3.36. The lowest BCUT2D eigenvalue weighted by atomic mass is 10.1. The van der Waals surface area contributed by atoms with Gasteiger partial charge >= 0.3 is 0 Å². The molecule has 0 bridgehead atoms. The Morgan fingerprint density at radius 1 is 1.11 bits per heavy atom. The minimum absolute atomic E-state index is 0.391. The molecule has 8 heteroatoms. The van der Waals surface area contributed by atoms with Gasteiger partial charge in [-0.25, -0.2) is 4.98 Å². The van der Waals surface area contributed by atoms with Gasteiger partial charge in [0.1, 0.15) is 11.5 Å². The van der Waals surface area contributed by atoms with Crippen molar-refractivity contribution < 1.29 is 14.0 Å². The topological polar surface area (TPSA) is 102 Å². The first-order chi connectivity index (χ1) is 12.8. The van der Waals surface area contributed by atoms with Gasteiger partial charge in [0.25, 0.3) is 11.8 Å². The Morgan fingerprint density at radius 3 is 2.37 bits per heavy atom. The number of nitrogens with one attached hydrogen (secondary N) is 2. The highest BCUT2D eigenvalue weighted by Crippen LogP contribution is 2.40. The Balaban J connectivity index is 1.62. The normalized spacial score (nSPS) is 13.8. The predicted molar refractivity (Wildman–Crippen MR) is 98.3 cm³/mol. The van der Waals surface area contributed by atoms with E-state index in [9.17, 15) is 9.59 Å². The molecule has 0 aliphatic heterocycles. The summed E-state index contributed by atoms with van der Waals surface area (Å²) in [6, 6.07) is 3.45. The van der Waals surface area contributed by atoms with Crippen molar-refractivity contribution in [2.75, 3.05) is 0 Å². The zero-order valence-corrected chi connectivity index (χ0v) is 15.7. The van der Waals surface area contributed by atoms with Crippen molar-refractivity contribution in [3.8, 4) is 0 Å². The number of carbonyl (C=O) groups is 2. The Hall–Kier alpha value is -3.16. The minimum atomic E-state index is -0.423. The maximum absolute atomic E-state index is 12.8. The highest BCUT2D eigenvalue weighted by molar-refractivity contribution is 6.07. The third kappa shape index (κ3) is 3.07. The Labute approximate surface area is 155 Å². The third-order valence-electron chi connectivity index (χ3n) is 4.80. The van der Waals surface area contributed by atoms with Gasteiger partial charge in [-0.1, -0.05) is 0 Å². The third-order valence-corrected chi connectivity index (χ3v) is 4.80. The summed E-state index contributed by atoms with van der Waals surface area (Å²) in [5.74, 6) is 0.715. The van der Waals surface area contributed by atoms with Gasteiger partial charge in [0.2, 0.25) is 0 Å². The average molecular weight is 367 g/mol. The van der Waals surface area contributed by atoms with Crippen LogP contribution in [0, 0.1) is 20.8 Å². The van der Waals surface area contributed by atoms with E-state index in [-0.39, 0.29) is 0 Å². The molecule has 1 saturated carbocycles. The molecule has 0 unspecified atom stereocenters. The fourth-order valence-corrected chi connectivity index (χ4v) is 3.34. The van der Waals surface area contributed by atoms with Gasteiger partial charge in [-0.05, 0) is 45.7 Å². The second kappa shape index (κ2) is 6.22. The molecule has 3 aromatic rings. The van der Waals surface area contributed by atoms with Crippen molar-refractivity contribution >= 4 is 22.8 Å². The first kappa shape index (κ1) is 17.3. The summed E-state index contributed by atoms with van der Waals surface area (Å²) in [7, 11) is 1.81. The Bertz CT molecular complexity index is 1070. The van der Waals surface area contributed by atoms with Crippen LogP contribution in [0.15, 0.2) is 16.5 Å². The zero-order chi connectivity index (χ0) is 19.3. The van der Waals surface area contributed by atoms with Crippen LogP contribution < -0.4 is 10.9 Å². The van der Waals surface area contributed by atoms with Crippen LogP contribution in [0.5, 0.6) is 0 Å². The molecule has 2 N–H and O–H groups in total. The van der Waals surface area contributed by atoms with E-state index in [0.29, 0.717) is 39.6 Å². The number of hydrazine groups is 1. The van der Waals surface area contributed by atoms with Crippen LogP contribution in [-0.4, -0.2) is 26.6 Å². The molecular formula is C19H21N5O3. The number of aromatic nitrogens is 3. The number of nitrogens with zero attached hydrogens (tertiary/aromatic N) is 3. The Kier molecular flexibility index (Phi) is 3.98. The molecule has 2 amide bonds. The van der Waals surface area contributed by atoms with Gasteiger partial charge < -0.3 is 4.42 Å². The molecule has 0 aromatic carbocycles. The van der Waals surface area contributed by atoms with E-state index in [2.05, 4.69) is 20.9 Å². The van der Waals surface area contributed by atoms with Crippen LogP contribution in [0.25, 0.3) is 11.0 Å². The summed E-state index contributed by atoms with van der Waals surface area (Å²) in [6.07, 6.45) is 2.15. The number of amides is 2. The number of furan rings is 1. The van der Waals surface area contributed by atoms with Gasteiger partial charge in [-0.2, -0.15) is 5.10 Å². The maximum atomic E-state index is 12.8. The molecule has 0 spiro atoms. The van der Waals surface area contributed by atoms with Crippen LogP contribution in [0.1, 0.15) is 62.4 Å². The summed E-state index contributed by atoms with van der Waals surface area (Å²) in [5, 5.41) is 5.08. The van der Waals surface area contributed by atoms with Gasteiger partial charge in [0.05, 0.1) is 22.2 Å². The summed E-state index contributed by atoms with van der Waals surface area (Å²) in [5.41, 5.74) is 8.11. The summed E-state index contributed by atoms with van der Waals surface area (Å²) < 4.78 is 7.04. The molecule has 8 nitrogen and oxygen atoms in total. The molecule has 0 saturated heterocycles. The molecule has 4 rings (SSSR count). The van der Waals surface area contributed by atoms with Gasteiger partial charge in [0.15, 0.2) is 5.65 Å². The molecule has 1 aliphatic rings. The molecule has 3 heterocycles. The van der Waals surface area contributed by atoms with E-state index < -0.39 is 11.8 Å². The number of carbonyl (C=O) groups excluding carboxylic acids is 2. The van der Waals surface area contributed by atoms with E-state index in [4.69, 9.17) is 4.42 Å². The van der Waals surface area contributed by atoms with E-state index in [1.54, 1.807) is 24.6 Å². The van der Waals surface area contributed by atoms with Crippen molar-refractivity contribution in [3.05, 3.63) is 46.2 Å². The lowest BCUT2D eigenvalue weighted by Crippen LogP contribution is -2.41. The number of fused-ring (bicyclic) bond motifs is 1. The molecule has 0 atom stereocenters. The predicted octanol–water partition coefficient (Wildman–Crippen LogP) is 2.44. The van der Waals surface area contributed by atoms with Crippen molar-refractivity contribution in [1.82, 2.24) is 25.6 Å². The van der Waals surface area contributed by atoms with Gasteiger partial charge in [-0.15, -0.1) is 0 Å². The number of aryl methyl sites for hydroxylation is 4. The van der Waals surface area contributed by atoms with Crippen molar-refractivity contribution in [2.24, 2.45) is 7.05 Å². The van der Waals surface area contributed by atoms with Crippen molar-refractivity contribution in [3.63, 3.8) is 0 Å². The molecule has 27 heavy (non-hydrogen) atoms. The highest BCUT2D eigenvalue weighted by atomic mass is 16.3. The molecule has 1 fully saturated rings. The summed E-state index contributed by atoms with van der Waals surface area (Å²) in [6.45, 7) is 5.31. The van der Waals surface area contributed by atoms with E-state index in [0.717, 1.165) is 24.2 Å². The van der Waals surface area contributed by atoms with E-state index in [1.165, 1.54) is 0 Å². The molecular weight excluding hydrogens is 346 g/mol. The number of hydrogen-bond acceptors (Lipinski definition) is 5. The number of pyridine rings is 1. The first-order valence-electron chi connectivity index (χ1n) is 8.87. The van der Waals surface area contributed by atoms with Crippen LogP contribution in [-0.2, 0) is 7.05 Å². The monoisotopic (exact) mass is 367 g/mol. The number of rotatable bonds is 3. The first-order valence-corrected chi connectivity index (χ1v) is 8.87. The second-order valence-electron chi connectivity index (χ2n) is 7.01. The van der Waals surface area contributed by atoms with Crippen molar-refractivity contribution in [1.29, 1.82) is 0 Å². The van der Waals surface area contributed by atoms with Crippen LogP contribution in [0.3, 0.4) is 0 Å². The molecule has 0 radical (unpaired) electrons. The van der Waals surface area contributed by atoms with E-state index >= 15 is 0 Å². The quantitative estimate of drug-likeness (QED) is 0.692. The fourth-order valence-electron chi connectivity index (χ4n) is 3.34. The molecule has 1 aliphatic carbocycles. The maximum Gasteiger partial charge on any atom is 0.273 e. The molecule has 140 valence electrons. The smallest absolute Gasteiger partial charge is 0.273 e. The zero-order valence-electron chi connectivity index (χ0n) is 15.7. The second-order valence-corrected chi connectivity index (χ2v) is 7.01. The van der Waals surface area contributed by atoms with Gasteiger partial charge in [-0.3, -0.25) is 25.1 Å². The Morgan fingerprint density at radius 2 is 1.78 bits per heavy atom. The van der Waals surface area contributed by atoms with Crippen molar-refractivity contribution in [2.45, 2.75) is 39.5 Å². The number of hydrogen-bond donors (Lipinski definition) is 2. The fraction of sp³-hybridized carbons (Fsp3) is 0.368. The van der Waals surface area contributed by atoms with Crippen LogP contribution in [0.2, 0.25) is 0 Å². The summed E-state index contributed by atoms with van der Waals surface area (Å²) in [4.78, 5) is 29.8. The summed E-state index contributed by atoms with van der Waals surface area (Å²) >= 11 is 0. The van der Waals surface area contributed by atoms with Crippen LogP contribution in [0.4, 0.5) is 0 Å². The lowest BCUT2D eigenvalue weighted by molar-refractivity contribution is 0.0846. The molecule has 3 aromatic heterocycles. The minimum Gasteiger partial charge on any atom is -0.466 e. The highest BCUT2D eigenvalue weighted by Gasteiger charge is 2.28. The van der Waals surface area contributed by atoms with E-state index in [1.807, 2.05) is 20.0 Å². The van der Waals surface area contributed by atoms with Gasteiger partial charge in [0, 0.05) is 18.7 Å². The lowest BCUT2D eigenvalue weighted by Gasteiger charge is -2.10. The standard InChI is InChI=1S/C19H21N5O3/c1-9-7-13(11(3)27-9)18(25)21-22-19(26)14-8-15(12-5-6-12)20-17-16(14)10(2)23-24(17)4/h7-8,12H,5-6H2,1-4H3,(H,21,25)(H,22,26). The SMILES string of the molecule is Cc1cc(C(=O)NNC(=O)c2cc(C3CC3)nc3c2c(C)nn3C)c(C)o1. The van der Waals surface area contributed by atoms with Crippen LogP contribution >= 0.6 is 0 Å².